The zero-order valence-electron chi connectivity index (χ0n) is 8.93. The highest BCUT2D eigenvalue weighted by Gasteiger charge is 2.20. The minimum Gasteiger partial charge on any atom is -0.478 e. The third kappa shape index (κ3) is 2.59. The lowest BCUT2D eigenvalue weighted by Gasteiger charge is -2.11. The van der Waals surface area contributed by atoms with Crippen molar-refractivity contribution in [1.29, 1.82) is 0 Å². The summed E-state index contributed by atoms with van der Waals surface area (Å²) in [5.74, 6) is -1.05. The number of hydrogen-bond acceptors (Lipinski definition) is 3. The van der Waals surface area contributed by atoms with E-state index in [0.717, 1.165) is 4.47 Å². The Morgan fingerprint density at radius 1 is 1.39 bits per heavy atom. The Balaban J connectivity index is 2.41. The van der Waals surface area contributed by atoms with Crippen LogP contribution in [-0.2, 0) is 0 Å². The van der Waals surface area contributed by atoms with Crippen molar-refractivity contribution < 1.29 is 15.0 Å². The molecule has 1 atom stereocenters. The quantitative estimate of drug-likeness (QED) is 0.884. The molecule has 6 heteroatoms. The van der Waals surface area contributed by atoms with Crippen molar-refractivity contribution in [2.24, 2.45) is 0 Å². The molecule has 2 rings (SSSR count). The summed E-state index contributed by atoms with van der Waals surface area (Å²) in [5, 5.41) is 21.3. The van der Waals surface area contributed by atoms with Crippen molar-refractivity contribution >= 4 is 44.8 Å². The van der Waals surface area contributed by atoms with E-state index < -0.39 is 12.1 Å². The Morgan fingerprint density at radius 3 is 2.72 bits per heavy atom. The van der Waals surface area contributed by atoms with Crippen LogP contribution in [0.25, 0.3) is 0 Å². The number of aliphatic hydroxyl groups excluding tert-OH is 1. The molecular weight excluding hydrogens is 340 g/mol. The first kappa shape index (κ1) is 13.5. The van der Waals surface area contributed by atoms with Crippen LogP contribution in [-0.4, -0.2) is 16.2 Å². The fourth-order valence-corrected chi connectivity index (χ4v) is 2.88. The number of benzene rings is 1. The maximum atomic E-state index is 11.0. The number of carboxylic acid groups (broad SMARTS) is 1. The molecule has 94 valence electrons. The van der Waals surface area contributed by atoms with Gasteiger partial charge in [0.05, 0.1) is 15.5 Å². The Labute approximate surface area is 121 Å². The minimum absolute atomic E-state index is 0.117. The predicted octanol–water partition coefficient (Wildman–Crippen LogP) is 3.94. The van der Waals surface area contributed by atoms with Gasteiger partial charge < -0.3 is 10.2 Å². The predicted molar refractivity (Wildman–Crippen MR) is 74.5 cm³/mol. The molecule has 0 spiro atoms. The summed E-state index contributed by atoms with van der Waals surface area (Å²) in [6.07, 6.45) is -0.985. The van der Waals surface area contributed by atoms with Crippen molar-refractivity contribution in [2.75, 3.05) is 0 Å². The summed E-state index contributed by atoms with van der Waals surface area (Å²) in [7, 11) is 0. The van der Waals surface area contributed by atoms with Gasteiger partial charge in [0.2, 0.25) is 0 Å². The summed E-state index contributed by atoms with van der Waals surface area (Å²) < 4.78 is 0.727. The maximum absolute atomic E-state index is 11.0. The molecule has 1 unspecified atom stereocenters. The SMILES string of the molecule is O=C(O)c1ccsc1C(O)c1ccc(Br)c(Cl)c1. The van der Waals surface area contributed by atoms with Crippen molar-refractivity contribution in [1.82, 2.24) is 0 Å². The molecule has 0 aliphatic carbocycles. The van der Waals surface area contributed by atoms with E-state index in [2.05, 4.69) is 15.9 Å². The third-order valence-corrected chi connectivity index (χ3v) is 4.64. The number of aliphatic hydroxyl groups is 1. The molecule has 1 aromatic heterocycles. The second kappa shape index (κ2) is 5.40. The molecule has 0 aliphatic heterocycles. The van der Waals surface area contributed by atoms with Gasteiger partial charge in [0.25, 0.3) is 0 Å². The first-order valence-corrected chi connectivity index (χ1v) is 6.99. The van der Waals surface area contributed by atoms with E-state index in [1.54, 1.807) is 23.6 Å². The molecule has 0 saturated carbocycles. The van der Waals surface area contributed by atoms with Gasteiger partial charge in [0.15, 0.2) is 0 Å². The average molecular weight is 348 g/mol. The van der Waals surface area contributed by atoms with Crippen molar-refractivity contribution in [3.8, 4) is 0 Å². The fraction of sp³-hybridized carbons (Fsp3) is 0.0833. The van der Waals surface area contributed by atoms with E-state index in [9.17, 15) is 9.90 Å². The second-order valence-corrected chi connectivity index (χ2v) is 5.79. The van der Waals surface area contributed by atoms with Crippen molar-refractivity contribution in [3.63, 3.8) is 0 Å². The highest BCUT2D eigenvalue weighted by atomic mass is 79.9. The van der Waals surface area contributed by atoms with Gasteiger partial charge in [-0.25, -0.2) is 4.79 Å². The third-order valence-electron chi connectivity index (χ3n) is 2.43. The van der Waals surface area contributed by atoms with E-state index in [1.165, 1.54) is 17.4 Å². The van der Waals surface area contributed by atoms with Crippen LogP contribution < -0.4 is 0 Å². The minimum atomic E-state index is -1.05. The number of aromatic carboxylic acids is 1. The summed E-state index contributed by atoms with van der Waals surface area (Å²) in [4.78, 5) is 11.4. The van der Waals surface area contributed by atoms with Gasteiger partial charge in [0, 0.05) is 4.47 Å². The largest absolute Gasteiger partial charge is 0.478 e. The fourth-order valence-electron chi connectivity index (χ4n) is 1.54. The monoisotopic (exact) mass is 346 g/mol. The second-order valence-electron chi connectivity index (χ2n) is 3.58. The zero-order chi connectivity index (χ0) is 13.3. The molecule has 1 aromatic carbocycles. The molecule has 0 aliphatic rings. The van der Waals surface area contributed by atoms with Crippen LogP contribution in [0.5, 0.6) is 0 Å². The van der Waals surface area contributed by atoms with Crippen molar-refractivity contribution in [2.45, 2.75) is 6.10 Å². The Hall–Kier alpha value is -0.880. The molecule has 0 radical (unpaired) electrons. The number of hydrogen-bond donors (Lipinski definition) is 2. The van der Waals surface area contributed by atoms with Crippen LogP contribution in [0.3, 0.4) is 0 Å². The van der Waals surface area contributed by atoms with Gasteiger partial charge in [-0.15, -0.1) is 11.3 Å². The van der Waals surface area contributed by atoms with Gasteiger partial charge in [-0.05, 0) is 45.1 Å². The van der Waals surface area contributed by atoms with Gasteiger partial charge >= 0.3 is 5.97 Å². The lowest BCUT2D eigenvalue weighted by atomic mass is 10.1. The average Bonchev–Trinajstić information content (AvgIpc) is 2.81. The first-order chi connectivity index (χ1) is 8.50. The van der Waals surface area contributed by atoms with E-state index in [0.29, 0.717) is 15.5 Å². The molecule has 1 heterocycles. The summed E-state index contributed by atoms with van der Waals surface area (Å²) in [6, 6.07) is 6.51. The number of carbonyl (C=O) groups is 1. The highest BCUT2D eigenvalue weighted by Crippen LogP contribution is 2.33. The molecule has 3 nitrogen and oxygen atoms in total. The van der Waals surface area contributed by atoms with Gasteiger partial charge in [0.1, 0.15) is 6.10 Å². The number of carboxylic acids is 1. The normalized spacial score (nSPS) is 12.4. The Morgan fingerprint density at radius 2 is 2.11 bits per heavy atom. The van der Waals surface area contributed by atoms with Crippen LogP contribution in [0.1, 0.15) is 26.9 Å². The van der Waals surface area contributed by atoms with Crippen molar-refractivity contribution in [3.05, 3.63) is 55.1 Å². The van der Waals surface area contributed by atoms with Crippen LogP contribution in [0.15, 0.2) is 34.1 Å². The van der Waals surface area contributed by atoms with E-state index >= 15 is 0 Å². The first-order valence-electron chi connectivity index (χ1n) is 4.94. The Kier molecular flexibility index (Phi) is 4.07. The topological polar surface area (TPSA) is 57.5 Å². The molecule has 2 N–H and O–H groups in total. The van der Waals surface area contributed by atoms with E-state index in [1.807, 2.05) is 0 Å². The summed E-state index contributed by atoms with van der Waals surface area (Å²) >= 11 is 10.4. The summed E-state index contributed by atoms with van der Waals surface area (Å²) in [5.41, 5.74) is 0.680. The smallest absolute Gasteiger partial charge is 0.336 e. The molecule has 0 fully saturated rings. The zero-order valence-corrected chi connectivity index (χ0v) is 12.1. The van der Waals surface area contributed by atoms with Crippen LogP contribution in [0, 0.1) is 0 Å². The maximum Gasteiger partial charge on any atom is 0.336 e. The molecule has 0 amide bonds. The Bertz CT molecular complexity index is 597. The number of halogens is 2. The number of thiophene rings is 1. The lowest BCUT2D eigenvalue weighted by molar-refractivity contribution is 0.0692. The molecule has 0 saturated heterocycles. The summed E-state index contributed by atoms with van der Waals surface area (Å²) in [6.45, 7) is 0. The van der Waals surface area contributed by atoms with Crippen LogP contribution in [0.4, 0.5) is 0 Å². The van der Waals surface area contributed by atoms with Gasteiger partial charge in [-0.1, -0.05) is 17.7 Å². The van der Waals surface area contributed by atoms with Crippen LogP contribution in [0.2, 0.25) is 5.02 Å². The van der Waals surface area contributed by atoms with E-state index in [-0.39, 0.29) is 5.56 Å². The molecule has 0 bridgehead atoms. The molecule has 18 heavy (non-hydrogen) atoms. The van der Waals surface area contributed by atoms with E-state index in [4.69, 9.17) is 16.7 Å². The highest BCUT2D eigenvalue weighted by molar-refractivity contribution is 9.10. The van der Waals surface area contributed by atoms with Gasteiger partial charge in [-0.2, -0.15) is 0 Å². The van der Waals surface area contributed by atoms with Crippen LogP contribution >= 0.6 is 38.9 Å². The standard InChI is InChI=1S/C12H8BrClO3S/c13-8-2-1-6(5-9(8)14)10(15)11-7(12(16)17)3-4-18-11/h1-5,10,15H,(H,16,17). The molecule has 2 aromatic rings. The number of rotatable bonds is 3. The molecular formula is C12H8BrClO3S. The lowest BCUT2D eigenvalue weighted by Crippen LogP contribution is -2.04. The van der Waals surface area contributed by atoms with Gasteiger partial charge in [-0.3, -0.25) is 0 Å².